The number of fused-ring (bicyclic) bond motifs is 2. The number of anilines is 1. The number of ether oxygens (including phenoxy) is 2. The predicted octanol–water partition coefficient (Wildman–Crippen LogP) is 3.84. The van der Waals surface area contributed by atoms with Gasteiger partial charge in [-0.15, -0.1) is 0 Å². The van der Waals surface area contributed by atoms with Gasteiger partial charge >= 0.3 is 0 Å². The van der Waals surface area contributed by atoms with Gasteiger partial charge in [-0.25, -0.2) is 4.98 Å². The van der Waals surface area contributed by atoms with Gasteiger partial charge in [0.2, 0.25) is 5.91 Å². The zero-order valence-electron chi connectivity index (χ0n) is 15.5. The van der Waals surface area contributed by atoms with Crippen LogP contribution in [0.4, 0.5) is 5.69 Å². The van der Waals surface area contributed by atoms with Gasteiger partial charge in [0.25, 0.3) is 11.3 Å². The minimum atomic E-state index is -0.538. The first-order chi connectivity index (χ1) is 14.0. The number of amides is 1. The maximum atomic E-state index is 12.7. The van der Waals surface area contributed by atoms with Crippen molar-refractivity contribution >= 4 is 38.4 Å². The molecule has 1 fully saturated rings. The summed E-state index contributed by atoms with van der Waals surface area (Å²) in [6, 6.07) is 10.6. The summed E-state index contributed by atoms with van der Waals surface area (Å²) >= 11 is 3.36. The lowest BCUT2D eigenvalue weighted by molar-refractivity contribution is -0.116. The smallest absolute Gasteiger partial charge is 0.261 e. The highest BCUT2D eigenvalue weighted by molar-refractivity contribution is 9.10. The van der Waals surface area contributed by atoms with Gasteiger partial charge in [-0.3, -0.25) is 14.2 Å². The Morgan fingerprint density at radius 2 is 1.93 bits per heavy atom. The fraction of sp³-hybridized carbons (Fsp3) is 0.286. The Bertz CT molecular complexity index is 1180. The van der Waals surface area contributed by atoms with E-state index in [1.165, 1.54) is 10.9 Å². The monoisotopic (exact) mass is 455 g/mol. The molecule has 0 saturated heterocycles. The molecule has 1 N–H and O–H groups in total. The largest absolute Gasteiger partial charge is 0.448 e. The molecule has 8 heteroatoms. The number of hydrogen-bond acceptors (Lipinski definition) is 5. The lowest BCUT2D eigenvalue weighted by atomic mass is 10.2. The lowest BCUT2D eigenvalue weighted by Crippen LogP contribution is -2.34. The van der Waals surface area contributed by atoms with Crippen LogP contribution in [0, 0.1) is 0 Å². The molecule has 0 radical (unpaired) electrons. The standard InChI is InChI=1S/C21H18BrN3O4/c22-13-3-5-16-15(9-13)20(27)25(12-23-16)11-19(26)24-14-4-6-17-18(10-14)29-21(28-17)7-1-2-8-21/h3-6,9-10,12H,1-2,7-8,11H2,(H,24,26). The molecule has 1 saturated carbocycles. The van der Waals surface area contributed by atoms with E-state index < -0.39 is 5.79 Å². The van der Waals surface area contributed by atoms with E-state index in [9.17, 15) is 9.59 Å². The summed E-state index contributed by atoms with van der Waals surface area (Å²) in [5, 5.41) is 3.27. The summed E-state index contributed by atoms with van der Waals surface area (Å²) in [6.07, 6.45) is 5.31. The molecule has 2 aliphatic rings. The first-order valence-corrected chi connectivity index (χ1v) is 10.3. The van der Waals surface area contributed by atoms with E-state index in [2.05, 4.69) is 26.2 Å². The van der Waals surface area contributed by atoms with Crippen LogP contribution in [0.2, 0.25) is 0 Å². The second-order valence-corrected chi connectivity index (χ2v) is 8.29. The average Bonchev–Trinajstić information content (AvgIpc) is 3.30. The summed E-state index contributed by atoms with van der Waals surface area (Å²) in [5.74, 6) is 0.478. The molecule has 1 aliphatic heterocycles. The fourth-order valence-corrected chi connectivity index (χ4v) is 4.25. The van der Waals surface area contributed by atoms with Crippen molar-refractivity contribution in [1.29, 1.82) is 0 Å². The minimum absolute atomic E-state index is 0.132. The molecule has 5 rings (SSSR count). The van der Waals surface area contributed by atoms with Crippen LogP contribution in [0.1, 0.15) is 25.7 Å². The van der Waals surface area contributed by atoms with E-state index in [-0.39, 0.29) is 18.0 Å². The number of hydrogen-bond donors (Lipinski definition) is 1. The number of benzene rings is 2. The third-order valence-electron chi connectivity index (χ3n) is 5.28. The van der Waals surface area contributed by atoms with Crippen molar-refractivity contribution < 1.29 is 14.3 Å². The molecule has 0 atom stereocenters. The van der Waals surface area contributed by atoms with Crippen molar-refractivity contribution in [3.05, 3.63) is 57.6 Å². The average molecular weight is 456 g/mol. The highest BCUT2D eigenvalue weighted by Crippen LogP contribution is 2.47. The summed E-state index contributed by atoms with van der Waals surface area (Å²) in [4.78, 5) is 29.4. The predicted molar refractivity (Wildman–Crippen MR) is 111 cm³/mol. The molecule has 7 nitrogen and oxygen atoms in total. The van der Waals surface area contributed by atoms with Crippen LogP contribution in [-0.2, 0) is 11.3 Å². The van der Waals surface area contributed by atoms with Gasteiger partial charge in [0.05, 0.1) is 17.2 Å². The molecular weight excluding hydrogens is 438 g/mol. The first kappa shape index (κ1) is 18.2. The molecule has 3 aromatic rings. The second kappa shape index (κ2) is 6.88. The van der Waals surface area contributed by atoms with Gasteiger partial charge in [0, 0.05) is 29.1 Å². The lowest BCUT2D eigenvalue weighted by Gasteiger charge is -2.21. The van der Waals surface area contributed by atoms with E-state index in [0.29, 0.717) is 28.1 Å². The van der Waals surface area contributed by atoms with Crippen molar-refractivity contribution in [2.24, 2.45) is 0 Å². The van der Waals surface area contributed by atoms with Gasteiger partial charge < -0.3 is 14.8 Å². The van der Waals surface area contributed by atoms with Crippen LogP contribution in [-0.4, -0.2) is 21.2 Å². The third kappa shape index (κ3) is 3.37. The van der Waals surface area contributed by atoms with E-state index in [1.807, 2.05) is 6.07 Å². The maximum absolute atomic E-state index is 12.7. The van der Waals surface area contributed by atoms with Crippen LogP contribution in [0.3, 0.4) is 0 Å². The minimum Gasteiger partial charge on any atom is -0.448 e. The fourth-order valence-electron chi connectivity index (χ4n) is 3.89. The quantitative estimate of drug-likeness (QED) is 0.648. The molecule has 2 aromatic carbocycles. The van der Waals surface area contributed by atoms with Crippen molar-refractivity contribution in [1.82, 2.24) is 9.55 Å². The van der Waals surface area contributed by atoms with Crippen molar-refractivity contribution in [2.75, 3.05) is 5.32 Å². The number of nitrogens with one attached hydrogen (secondary N) is 1. The van der Waals surface area contributed by atoms with Gasteiger partial charge in [0.15, 0.2) is 11.5 Å². The molecule has 0 unspecified atom stereocenters. The Hall–Kier alpha value is -2.87. The molecule has 148 valence electrons. The summed E-state index contributed by atoms with van der Waals surface area (Å²) in [5.41, 5.74) is 0.920. The Labute approximate surface area is 174 Å². The number of aromatic nitrogens is 2. The van der Waals surface area contributed by atoms with Crippen LogP contribution in [0.5, 0.6) is 11.5 Å². The van der Waals surface area contributed by atoms with E-state index in [1.54, 1.807) is 30.3 Å². The Balaban J connectivity index is 1.33. The summed E-state index contributed by atoms with van der Waals surface area (Å²) in [7, 11) is 0. The first-order valence-electron chi connectivity index (χ1n) is 9.48. The topological polar surface area (TPSA) is 82.5 Å². The number of halogens is 1. The third-order valence-corrected chi connectivity index (χ3v) is 5.78. The van der Waals surface area contributed by atoms with Gasteiger partial charge in [-0.05, 0) is 43.2 Å². The van der Waals surface area contributed by atoms with E-state index in [4.69, 9.17) is 9.47 Å². The molecule has 29 heavy (non-hydrogen) atoms. The normalized spacial score (nSPS) is 16.4. The van der Waals surface area contributed by atoms with Gasteiger partial charge in [0.1, 0.15) is 6.54 Å². The van der Waals surface area contributed by atoms with Crippen molar-refractivity contribution in [3.63, 3.8) is 0 Å². The molecule has 1 spiro atoms. The number of nitrogens with zero attached hydrogens (tertiary/aromatic N) is 2. The Morgan fingerprint density at radius 1 is 1.14 bits per heavy atom. The summed E-state index contributed by atoms with van der Waals surface area (Å²) < 4.78 is 14.1. The number of carbonyl (C=O) groups excluding carboxylic acids is 1. The highest BCUT2D eigenvalue weighted by Gasteiger charge is 2.44. The van der Waals surface area contributed by atoms with E-state index >= 15 is 0 Å². The van der Waals surface area contributed by atoms with Gasteiger partial charge in [-0.2, -0.15) is 0 Å². The van der Waals surface area contributed by atoms with Crippen molar-refractivity contribution in [2.45, 2.75) is 38.0 Å². The Kier molecular flexibility index (Phi) is 4.31. The zero-order valence-corrected chi connectivity index (χ0v) is 17.1. The second-order valence-electron chi connectivity index (χ2n) is 7.37. The number of carbonyl (C=O) groups is 1. The Morgan fingerprint density at radius 3 is 2.76 bits per heavy atom. The van der Waals surface area contributed by atoms with Crippen LogP contribution >= 0.6 is 15.9 Å². The SMILES string of the molecule is O=C(Cn1cnc2ccc(Br)cc2c1=O)Nc1ccc2c(c1)OC1(CCCC1)O2. The van der Waals surface area contributed by atoms with Crippen LogP contribution in [0.15, 0.2) is 52.0 Å². The molecular formula is C21H18BrN3O4. The molecule has 1 aliphatic carbocycles. The summed E-state index contributed by atoms with van der Waals surface area (Å²) in [6.45, 7) is -0.132. The van der Waals surface area contributed by atoms with Crippen molar-refractivity contribution in [3.8, 4) is 11.5 Å². The van der Waals surface area contributed by atoms with Gasteiger partial charge in [-0.1, -0.05) is 15.9 Å². The van der Waals surface area contributed by atoms with Crippen LogP contribution < -0.4 is 20.3 Å². The molecule has 2 heterocycles. The van der Waals surface area contributed by atoms with E-state index in [0.717, 1.165) is 30.2 Å². The zero-order chi connectivity index (χ0) is 20.0. The molecule has 1 aromatic heterocycles. The molecule has 0 bridgehead atoms. The maximum Gasteiger partial charge on any atom is 0.261 e. The molecule has 1 amide bonds. The highest BCUT2D eigenvalue weighted by atomic mass is 79.9. The number of rotatable bonds is 3. The van der Waals surface area contributed by atoms with Crippen LogP contribution in [0.25, 0.3) is 10.9 Å².